The molecular formula is C18H31N3. The average molecular weight is 289 g/mol. The molecular weight excluding hydrogens is 258 g/mol. The van der Waals surface area contributed by atoms with Crippen molar-refractivity contribution in [1.82, 2.24) is 5.32 Å². The van der Waals surface area contributed by atoms with Crippen LogP contribution in [0.2, 0.25) is 0 Å². The average Bonchev–Trinajstić information content (AvgIpc) is 2.47. The second kappa shape index (κ2) is 7.17. The summed E-state index contributed by atoms with van der Waals surface area (Å²) in [5.74, 6) is 0.656. The molecule has 1 aromatic carbocycles. The Kier molecular flexibility index (Phi) is 5.51. The molecule has 0 bridgehead atoms. The molecule has 0 saturated carbocycles. The third kappa shape index (κ3) is 3.91. The minimum atomic E-state index is 0.579. The molecule has 0 spiro atoms. The van der Waals surface area contributed by atoms with Crippen LogP contribution in [0.25, 0.3) is 0 Å². The summed E-state index contributed by atoms with van der Waals surface area (Å²) in [7, 11) is 4.22. The van der Waals surface area contributed by atoms with Gasteiger partial charge in [-0.15, -0.1) is 0 Å². The molecule has 1 aliphatic rings. The molecule has 2 atom stereocenters. The zero-order chi connectivity index (χ0) is 15.4. The molecule has 21 heavy (non-hydrogen) atoms. The van der Waals surface area contributed by atoms with Crippen LogP contribution >= 0.6 is 0 Å². The van der Waals surface area contributed by atoms with Gasteiger partial charge in [0.1, 0.15) is 0 Å². The van der Waals surface area contributed by atoms with Gasteiger partial charge in [-0.1, -0.05) is 33.3 Å². The summed E-state index contributed by atoms with van der Waals surface area (Å²) in [5.41, 5.74) is 2.64. The van der Waals surface area contributed by atoms with Crippen molar-refractivity contribution in [3.63, 3.8) is 0 Å². The highest BCUT2D eigenvalue weighted by atomic mass is 15.2. The predicted molar refractivity (Wildman–Crippen MR) is 93.4 cm³/mol. The maximum Gasteiger partial charge on any atom is 0.0438 e. The first-order chi connectivity index (χ1) is 10.0. The van der Waals surface area contributed by atoms with Crippen LogP contribution in [0.5, 0.6) is 0 Å². The summed E-state index contributed by atoms with van der Waals surface area (Å²) in [6.45, 7) is 9.14. The molecule has 1 aromatic rings. The summed E-state index contributed by atoms with van der Waals surface area (Å²) in [6, 6.07) is 10.1. The van der Waals surface area contributed by atoms with Crippen molar-refractivity contribution in [2.75, 3.05) is 37.0 Å². The normalized spacial score (nSPS) is 22.7. The second-order valence-electron chi connectivity index (χ2n) is 6.77. The van der Waals surface area contributed by atoms with Crippen LogP contribution < -0.4 is 15.1 Å². The molecule has 1 N–H and O–H groups in total. The summed E-state index contributed by atoms with van der Waals surface area (Å²) >= 11 is 0. The van der Waals surface area contributed by atoms with Crippen LogP contribution in [-0.2, 0) is 0 Å². The second-order valence-corrected chi connectivity index (χ2v) is 6.77. The lowest BCUT2D eigenvalue weighted by Crippen LogP contribution is -2.58. The molecule has 1 heterocycles. The molecule has 3 heteroatoms. The van der Waals surface area contributed by atoms with E-state index in [0.29, 0.717) is 18.0 Å². The van der Waals surface area contributed by atoms with E-state index in [2.05, 4.69) is 74.2 Å². The van der Waals surface area contributed by atoms with E-state index in [1.165, 1.54) is 24.2 Å². The number of nitrogens with one attached hydrogen (secondary N) is 1. The fourth-order valence-corrected chi connectivity index (χ4v) is 3.22. The molecule has 118 valence electrons. The molecule has 0 aromatic heterocycles. The fourth-order valence-electron chi connectivity index (χ4n) is 3.22. The van der Waals surface area contributed by atoms with Crippen LogP contribution in [-0.4, -0.2) is 39.3 Å². The smallest absolute Gasteiger partial charge is 0.0438 e. The lowest BCUT2D eigenvalue weighted by atomic mass is 9.96. The molecule has 2 rings (SSSR count). The molecule has 3 nitrogen and oxygen atoms in total. The molecule has 0 radical (unpaired) electrons. The third-order valence-corrected chi connectivity index (χ3v) is 4.52. The van der Waals surface area contributed by atoms with Crippen LogP contribution in [0, 0.1) is 5.92 Å². The Morgan fingerprint density at radius 2 is 2.10 bits per heavy atom. The van der Waals surface area contributed by atoms with Gasteiger partial charge in [-0.2, -0.15) is 0 Å². The van der Waals surface area contributed by atoms with Gasteiger partial charge < -0.3 is 15.1 Å². The van der Waals surface area contributed by atoms with Crippen LogP contribution in [0.15, 0.2) is 24.3 Å². The minimum Gasteiger partial charge on any atom is -0.378 e. The van der Waals surface area contributed by atoms with Crippen molar-refractivity contribution in [3.05, 3.63) is 24.3 Å². The third-order valence-electron chi connectivity index (χ3n) is 4.52. The van der Waals surface area contributed by atoms with Crippen molar-refractivity contribution in [2.24, 2.45) is 5.92 Å². The first kappa shape index (κ1) is 16.2. The lowest BCUT2D eigenvalue weighted by Gasteiger charge is -2.44. The SMILES string of the molecule is CCCC1CN(c2cccc(N(C)C)c2)C(C(C)C)CN1. The van der Waals surface area contributed by atoms with E-state index >= 15 is 0 Å². The zero-order valence-electron chi connectivity index (χ0n) is 14.3. The van der Waals surface area contributed by atoms with Crippen molar-refractivity contribution >= 4 is 11.4 Å². The van der Waals surface area contributed by atoms with Gasteiger partial charge >= 0.3 is 0 Å². The molecule has 2 unspecified atom stereocenters. The summed E-state index contributed by atoms with van der Waals surface area (Å²) in [4.78, 5) is 4.80. The van der Waals surface area contributed by atoms with Gasteiger partial charge in [-0.05, 0) is 30.5 Å². The van der Waals surface area contributed by atoms with E-state index in [1.54, 1.807) is 0 Å². The van der Waals surface area contributed by atoms with Gasteiger partial charge in [-0.3, -0.25) is 0 Å². The number of hydrogen-bond acceptors (Lipinski definition) is 3. The highest BCUT2D eigenvalue weighted by molar-refractivity contribution is 5.59. The number of nitrogens with zero attached hydrogens (tertiary/aromatic N) is 2. The Balaban J connectivity index is 2.24. The number of benzene rings is 1. The lowest BCUT2D eigenvalue weighted by molar-refractivity contribution is 0.327. The van der Waals surface area contributed by atoms with Gasteiger partial charge in [0, 0.05) is 50.6 Å². The van der Waals surface area contributed by atoms with Gasteiger partial charge in [0.05, 0.1) is 0 Å². The molecule has 0 aliphatic carbocycles. The van der Waals surface area contributed by atoms with E-state index in [4.69, 9.17) is 0 Å². The van der Waals surface area contributed by atoms with E-state index in [9.17, 15) is 0 Å². The number of hydrogen-bond donors (Lipinski definition) is 1. The Morgan fingerprint density at radius 1 is 1.33 bits per heavy atom. The highest BCUT2D eigenvalue weighted by Gasteiger charge is 2.29. The van der Waals surface area contributed by atoms with E-state index in [-0.39, 0.29) is 0 Å². The maximum absolute atomic E-state index is 3.74. The predicted octanol–water partition coefficient (Wildman–Crippen LogP) is 3.36. The maximum atomic E-state index is 3.74. The zero-order valence-corrected chi connectivity index (χ0v) is 14.3. The topological polar surface area (TPSA) is 18.5 Å². The van der Waals surface area contributed by atoms with Crippen molar-refractivity contribution < 1.29 is 0 Å². The summed E-state index contributed by atoms with van der Waals surface area (Å²) < 4.78 is 0. The van der Waals surface area contributed by atoms with Crippen LogP contribution in [0.4, 0.5) is 11.4 Å². The van der Waals surface area contributed by atoms with Crippen LogP contribution in [0.3, 0.4) is 0 Å². The van der Waals surface area contributed by atoms with Crippen molar-refractivity contribution in [3.8, 4) is 0 Å². The Hall–Kier alpha value is -1.22. The van der Waals surface area contributed by atoms with Crippen molar-refractivity contribution in [1.29, 1.82) is 0 Å². The van der Waals surface area contributed by atoms with E-state index in [0.717, 1.165) is 13.1 Å². The molecule has 0 amide bonds. The number of piperazine rings is 1. The minimum absolute atomic E-state index is 0.579. The van der Waals surface area contributed by atoms with Gasteiger partial charge in [0.15, 0.2) is 0 Å². The summed E-state index contributed by atoms with van der Waals surface area (Å²) in [5, 5.41) is 3.74. The first-order valence-corrected chi connectivity index (χ1v) is 8.30. The van der Waals surface area contributed by atoms with Crippen molar-refractivity contribution in [2.45, 2.75) is 45.7 Å². The van der Waals surface area contributed by atoms with Crippen LogP contribution in [0.1, 0.15) is 33.6 Å². The Bertz CT molecular complexity index is 442. The standard InChI is InChI=1S/C18H31N3/c1-6-8-15-13-21(18(12-19-15)14(2)3)17-10-7-9-16(11-17)20(4)5/h7,9-11,14-15,18-19H,6,8,12-13H2,1-5H3. The number of rotatable bonds is 5. The van der Waals surface area contributed by atoms with E-state index < -0.39 is 0 Å². The Labute approximate surface area is 130 Å². The highest BCUT2D eigenvalue weighted by Crippen LogP contribution is 2.27. The number of anilines is 2. The largest absolute Gasteiger partial charge is 0.378 e. The first-order valence-electron chi connectivity index (χ1n) is 8.30. The summed E-state index contributed by atoms with van der Waals surface area (Å²) in [6.07, 6.45) is 2.50. The quantitative estimate of drug-likeness (QED) is 0.897. The van der Waals surface area contributed by atoms with E-state index in [1.807, 2.05) is 0 Å². The molecule has 1 aliphatic heterocycles. The van der Waals surface area contributed by atoms with Gasteiger partial charge in [0.25, 0.3) is 0 Å². The monoisotopic (exact) mass is 289 g/mol. The molecule has 1 saturated heterocycles. The fraction of sp³-hybridized carbons (Fsp3) is 0.667. The molecule has 1 fully saturated rings. The Morgan fingerprint density at radius 3 is 2.71 bits per heavy atom. The van der Waals surface area contributed by atoms with Gasteiger partial charge in [0.2, 0.25) is 0 Å². The van der Waals surface area contributed by atoms with Gasteiger partial charge in [-0.25, -0.2) is 0 Å².